The summed E-state index contributed by atoms with van der Waals surface area (Å²) in [6.45, 7) is 1.60. The van der Waals surface area contributed by atoms with E-state index in [1.54, 1.807) is 91.0 Å². The van der Waals surface area contributed by atoms with Crippen LogP contribution in [0.4, 0.5) is 11.4 Å². The second kappa shape index (κ2) is 14.9. The van der Waals surface area contributed by atoms with Crippen molar-refractivity contribution < 1.29 is 27.5 Å². The van der Waals surface area contributed by atoms with Crippen LogP contribution in [0.2, 0.25) is 5.02 Å². The number of nitrogens with zero attached hydrogens (tertiary/aromatic N) is 2. The van der Waals surface area contributed by atoms with Gasteiger partial charge in [0.15, 0.2) is 6.61 Å². The zero-order valence-electron chi connectivity index (χ0n) is 23.1. The number of anilines is 2. The van der Waals surface area contributed by atoms with Crippen molar-refractivity contribution in [2.24, 2.45) is 5.10 Å². The standard InChI is InChI=1S/C31H29ClN4O6S/c1-2-41-27-17-13-26(14-18-27)36(43(39,40)29-9-4-3-5-10-29)21-30(37)35-33-20-23-11-15-28(16-12-23)42-22-31(38)34-25-8-6-7-24(32)19-25/h3-20H,2,21-22H2,1H3,(H,34,38)(H,35,37)/b33-20-. The van der Waals surface area contributed by atoms with Gasteiger partial charge in [-0.15, -0.1) is 0 Å². The van der Waals surface area contributed by atoms with Crippen LogP contribution < -0.4 is 24.5 Å². The Balaban J connectivity index is 1.35. The zero-order valence-corrected chi connectivity index (χ0v) is 24.7. The maximum absolute atomic E-state index is 13.4. The Morgan fingerprint density at radius 3 is 2.21 bits per heavy atom. The average Bonchev–Trinajstić information content (AvgIpc) is 3.00. The molecule has 0 saturated heterocycles. The molecule has 2 amide bonds. The predicted octanol–water partition coefficient (Wildman–Crippen LogP) is 5.10. The molecule has 0 saturated carbocycles. The number of benzene rings is 4. The molecule has 0 heterocycles. The molecular formula is C31H29ClN4O6S. The van der Waals surface area contributed by atoms with E-state index in [0.717, 1.165) is 4.31 Å². The van der Waals surface area contributed by atoms with Crippen LogP contribution in [0.1, 0.15) is 12.5 Å². The van der Waals surface area contributed by atoms with Crippen molar-refractivity contribution in [3.63, 3.8) is 0 Å². The van der Waals surface area contributed by atoms with E-state index in [9.17, 15) is 18.0 Å². The van der Waals surface area contributed by atoms with E-state index in [4.69, 9.17) is 21.1 Å². The van der Waals surface area contributed by atoms with Gasteiger partial charge in [-0.1, -0.05) is 35.9 Å². The van der Waals surface area contributed by atoms with Crippen LogP contribution in [0.25, 0.3) is 0 Å². The van der Waals surface area contributed by atoms with Crippen LogP contribution in [0.5, 0.6) is 11.5 Å². The number of sulfonamides is 1. The third-order valence-corrected chi connectivity index (χ3v) is 7.84. The number of hydrogen-bond acceptors (Lipinski definition) is 7. The van der Waals surface area contributed by atoms with Crippen molar-refractivity contribution in [1.82, 2.24) is 5.43 Å². The van der Waals surface area contributed by atoms with E-state index in [1.807, 2.05) is 6.92 Å². The topological polar surface area (TPSA) is 126 Å². The molecular weight excluding hydrogens is 592 g/mol. The van der Waals surface area contributed by atoms with Crippen LogP contribution in [0, 0.1) is 0 Å². The van der Waals surface area contributed by atoms with Crippen LogP contribution >= 0.6 is 11.6 Å². The normalized spacial score (nSPS) is 11.1. The van der Waals surface area contributed by atoms with Gasteiger partial charge in [-0.2, -0.15) is 5.10 Å². The van der Waals surface area contributed by atoms with E-state index < -0.39 is 22.5 Å². The molecule has 0 radical (unpaired) electrons. The summed E-state index contributed by atoms with van der Waals surface area (Å²) in [6.07, 6.45) is 1.40. The molecule has 4 aromatic carbocycles. The largest absolute Gasteiger partial charge is 0.494 e. The number of amides is 2. The van der Waals surface area contributed by atoms with E-state index in [2.05, 4.69) is 15.8 Å². The molecule has 0 atom stereocenters. The van der Waals surface area contributed by atoms with Crippen molar-refractivity contribution in [2.45, 2.75) is 11.8 Å². The van der Waals surface area contributed by atoms with Gasteiger partial charge in [-0.3, -0.25) is 13.9 Å². The highest BCUT2D eigenvalue weighted by molar-refractivity contribution is 7.92. The Hall–Kier alpha value is -4.87. The fourth-order valence-electron chi connectivity index (χ4n) is 3.82. The summed E-state index contributed by atoms with van der Waals surface area (Å²) in [5.74, 6) is 0.0497. The van der Waals surface area contributed by atoms with Gasteiger partial charge in [-0.05, 0) is 91.3 Å². The van der Waals surface area contributed by atoms with Crippen molar-refractivity contribution >= 4 is 51.0 Å². The third kappa shape index (κ3) is 9.06. The van der Waals surface area contributed by atoms with Crippen LogP contribution in [0.3, 0.4) is 0 Å². The van der Waals surface area contributed by atoms with E-state index in [0.29, 0.717) is 40.1 Å². The first-order chi connectivity index (χ1) is 20.7. The summed E-state index contributed by atoms with van der Waals surface area (Å²) >= 11 is 5.93. The predicted molar refractivity (Wildman–Crippen MR) is 166 cm³/mol. The molecule has 0 fully saturated rings. The lowest BCUT2D eigenvalue weighted by Gasteiger charge is -2.24. The number of halogens is 1. The Morgan fingerprint density at radius 2 is 1.53 bits per heavy atom. The molecule has 4 aromatic rings. The summed E-state index contributed by atoms with van der Waals surface area (Å²) < 4.78 is 38.9. The molecule has 0 bridgehead atoms. The summed E-state index contributed by atoms with van der Waals surface area (Å²) in [5, 5.41) is 7.16. The molecule has 0 aliphatic carbocycles. The first kappa shape index (κ1) is 31.1. The Kier molecular flexibility index (Phi) is 10.7. The van der Waals surface area contributed by atoms with Crippen LogP contribution in [-0.4, -0.2) is 46.2 Å². The van der Waals surface area contributed by atoms with Gasteiger partial charge in [0.25, 0.3) is 21.8 Å². The summed E-state index contributed by atoms with van der Waals surface area (Å²) in [7, 11) is -4.06. The number of rotatable bonds is 13. The maximum atomic E-state index is 13.4. The first-order valence-corrected chi connectivity index (χ1v) is 15.0. The molecule has 12 heteroatoms. The lowest BCUT2D eigenvalue weighted by Crippen LogP contribution is -2.39. The van der Waals surface area contributed by atoms with Crippen LogP contribution in [-0.2, 0) is 19.6 Å². The monoisotopic (exact) mass is 620 g/mol. The molecule has 222 valence electrons. The molecule has 2 N–H and O–H groups in total. The molecule has 0 aromatic heterocycles. The molecule has 0 aliphatic rings. The lowest BCUT2D eigenvalue weighted by atomic mass is 10.2. The van der Waals surface area contributed by atoms with E-state index in [1.165, 1.54) is 18.3 Å². The molecule has 43 heavy (non-hydrogen) atoms. The average molecular weight is 621 g/mol. The highest BCUT2D eigenvalue weighted by Gasteiger charge is 2.27. The van der Waals surface area contributed by atoms with Gasteiger partial charge in [0.2, 0.25) is 0 Å². The quantitative estimate of drug-likeness (QED) is 0.158. The van der Waals surface area contributed by atoms with Crippen molar-refractivity contribution in [3.8, 4) is 11.5 Å². The molecule has 10 nitrogen and oxygen atoms in total. The first-order valence-electron chi connectivity index (χ1n) is 13.2. The maximum Gasteiger partial charge on any atom is 0.264 e. The lowest BCUT2D eigenvalue weighted by molar-refractivity contribution is -0.119. The van der Waals surface area contributed by atoms with Gasteiger partial charge in [0.05, 0.1) is 23.4 Å². The number of ether oxygens (including phenoxy) is 2. The highest BCUT2D eigenvalue weighted by Crippen LogP contribution is 2.26. The summed E-state index contributed by atoms with van der Waals surface area (Å²) in [6, 6.07) is 27.7. The van der Waals surface area contributed by atoms with Gasteiger partial charge in [0.1, 0.15) is 18.0 Å². The van der Waals surface area contributed by atoms with Crippen LogP contribution in [0.15, 0.2) is 113 Å². The molecule has 0 aliphatic heterocycles. The second-order valence-corrected chi connectivity index (χ2v) is 11.3. The van der Waals surface area contributed by atoms with E-state index >= 15 is 0 Å². The highest BCUT2D eigenvalue weighted by atomic mass is 35.5. The minimum Gasteiger partial charge on any atom is -0.494 e. The van der Waals surface area contributed by atoms with Crippen molar-refractivity contribution in [1.29, 1.82) is 0 Å². The van der Waals surface area contributed by atoms with Gasteiger partial charge >= 0.3 is 0 Å². The Bertz CT molecular complexity index is 1670. The minimum absolute atomic E-state index is 0.0458. The number of carbonyl (C=O) groups is 2. The van der Waals surface area contributed by atoms with Crippen molar-refractivity contribution in [3.05, 3.63) is 114 Å². The smallest absolute Gasteiger partial charge is 0.264 e. The fourth-order valence-corrected chi connectivity index (χ4v) is 5.45. The van der Waals surface area contributed by atoms with Gasteiger partial charge < -0.3 is 14.8 Å². The Morgan fingerprint density at radius 1 is 0.860 bits per heavy atom. The zero-order chi connectivity index (χ0) is 30.7. The SMILES string of the molecule is CCOc1ccc(N(CC(=O)N/N=C\c2ccc(OCC(=O)Nc3cccc(Cl)c3)cc2)S(=O)(=O)c2ccccc2)cc1. The van der Waals surface area contributed by atoms with E-state index in [-0.39, 0.29) is 17.4 Å². The molecule has 0 unspecified atom stereocenters. The molecule has 0 spiro atoms. The number of hydrogen-bond donors (Lipinski definition) is 2. The third-order valence-electron chi connectivity index (χ3n) is 5.82. The Labute approximate surface area is 254 Å². The van der Waals surface area contributed by atoms with Gasteiger partial charge in [0, 0.05) is 10.7 Å². The number of nitrogens with one attached hydrogen (secondary N) is 2. The van der Waals surface area contributed by atoms with Gasteiger partial charge in [-0.25, -0.2) is 13.8 Å². The minimum atomic E-state index is -4.06. The molecule has 4 rings (SSSR count). The summed E-state index contributed by atoms with van der Waals surface area (Å²) in [4.78, 5) is 25.0. The van der Waals surface area contributed by atoms with Crippen molar-refractivity contribution in [2.75, 3.05) is 29.4 Å². The second-order valence-electron chi connectivity index (χ2n) is 8.96. The fraction of sp³-hybridized carbons (Fsp3) is 0.129. The number of carbonyl (C=O) groups excluding carboxylic acids is 2. The number of hydrazone groups is 1. The summed E-state index contributed by atoms with van der Waals surface area (Å²) in [5.41, 5.74) is 3.87.